The van der Waals surface area contributed by atoms with E-state index in [4.69, 9.17) is 9.47 Å². The minimum Gasteiger partial charge on any atom is -0.497 e. The van der Waals surface area contributed by atoms with Crippen molar-refractivity contribution in [1.29, 1.82) is 0 Å². The largest absolute Gasteiger partial charge is 0.497 e. The molecule has 1 aromatic heterocycles. The minimum atomic E-state index is -0.280. The average molecular weight is 380 g/mol. The molecule has 0 spiro atoms. The second kappa shape index (κ2) is 8.56. The van der Waals surface area contributed by atoms with Gasteiger partial charge in [-0.15, -0.1) is 10.2 Å². The number of hydrogen-bond donors (Lipinski definition) is 2. The summed E-state index contributed by atoms with van der Waals surface area (Å²) >= 11 is 0. The van der Waals surface area contributed by atoms with Crippen molar-refractivity contribution in [1.82, 2.24) is 15.2 Å². The fourth-order valence-corrected chi connectivity index (χ4v) is 2.78. The fourth-order valence-electron chi connectivity index (χ4n) is 2.78. The molecular weight excluding hydrogens is 356 g/mol. The first kappa shape index (κ1) is 19.4. The highest BCUT2D eigenvalue weighted by Crippen LogP contribution is 2.30. The van der Waals surface area contributed by atoms with Crippen LogP contribution in [0.4, 0.5) is 11.6 Å². The highest BCUT2D eigenvalue weighted by Gasteiger charge is 2.10. The maximum Gasteiger partial charge on any atom is 0.274 e. The molecule has 0 amide bonds. The van der Waals surface area contributed by atoms with E-state index in [0.717, 1.165) is 5.56 Å². The van der Waals surface area contributed by atoms with Gasteiger partial charge in [-0.3, -0.25) is 9.78 Å². The smallest absolute Gasteiger partial charge is 0.274 e. The van der Waals surface area contributed by atoms with Crippen LogP contribution in [0, 0.1) is 0 Å². The summed E-state index contributed by atoms with van der Waals surface area (Å²) in [5.41, 5.74) is 3.01. The van der Waals surface area contributed by atoms with Crippen molar-refractivity contribution in [3.05, 3.63) is 69.6 Å². The molecule has 3 aromatic rings. The van der Waals surface area contributed by atoms with Crippen molar-refractivity contribution in [2.75, 3.05) is 19.5 Å². The van der Waals surface area contributed by atoms with E-state index < -0.39 is 0 Å². The molecule has 1 heterocycles. The SMILES string of the molecule is COc1ccc(Nc2nnc(Cc3ccc(C(C)C)cc3)c(=O)[nH]2)c(OC)c1. The molecule has 2 N–H and O–H groups in total. The lowest BCUT2D eigenvalue weighted by atomic mass is 10.0. The number of hydrogen-bond acceptors (Lipinski definition) is 6. The van der Waals surface area contributed by atoms with Gasteiger partial charge in [0.1, 0.15) is 17.2 Å². The standard InChI is InChI=1S/C21H24N4O3/c1-13(2)15-7-5-14(6-8-15)11-18-20(26)23-21(25-24-18)22-17-10-9-16(27-3)12-19(17)28-4/h5-10,12-13H,11H2,1-4H3,(H2,22,23,25,26). The van der Waals surface area contributed by atoms with Crippen LogP contribution in [0.15, 0.2) is 47.3 Å². The van der Waals surface area contributed by atoms with Gasteiger partial charge in [-0.2, -0.15) is 0 Å². The molecule has 28 heavy (non-hydrogen) atoms. The summed E-state index contributed by atoms with van der Waals surface area (Å²) in [7, 11) is 3.14. The van der Waals surface area contributed by atoms with Crippen molar-refractivity contribution in [3.8, 4) is 11.5 Å². The van der Waals surface area contributed by atoms with E-state index >= 15 is 0 Å². The van der Waals surface area contributed by atoms with Crippen LogP contribution in [0.25, 0.3) is 0 Å². The monoisotopic (exact) mass is 380 g/mol. The van der Waals surface area contributed by atoms with Gasteiger partial charge in [-0.1, -0.05) is 38.1 Å². The number of rotatable bonds is 7. The molecule has 0 radical (unpaired) electrons. The third-order valence-electron chi connectivity index (χ3n) is 4.44. The number of benzene rings is 2. The second-order valence-electron chi connectivity index (χ2n) is 6.71. The predicted octanol–water partition coefficient (Wildman–Crippen LogP) is 3.64. The Morgan fingerprint density at radius 2 is 1.79 bits per heavy atom. The Morgan fingerprint density at radius 3 is 2.39 bits per heavy atom. The van der Waals surface area contributed by atoms with E-state index in [1.54, 1.807) is 32.4 Å². The Labute approximate surface area is 163 Å². The fraction of sp³-hybridized carbons (Fsp3) is 0.286. The molecular formula is C21H24N4O3. The zero-order valence-corrected chi connectivity index (χ0v) is 16.4. The summed E-state index contributed by atoms with van der Waals surface area (Å²) in [6.45, 7) is 4.30. The molecule has 0 aliphatic heterocycles. The minimum absolute atomic E-state index is 0.243. The van der Waals surface area contributed by atoms with E-state index in [0.29, 0.717) is 35.2 Å². The van der Waals surface area contributed by atoms with E-state index in [1.165, 1.54) is 5.56 Å². The van der Waals surface area contributed by atoms with Gasteiger partial charge in [0, 0.05) is 12.5 Å². The Bertz CT molecular complexity index is 997. The Balaban J connectivity index is 1.76. The van der Waals surface area contributed by atoms with Crippen LogP contribution in [-0.2, 0) is 6.42 Å². The second-order valence-corrected chi connectivity index (χ2v) is 6.71. The zero-order chi connectivity index (χ0) is 20.1. The van der Waals surface area contributed by atoms with E-state index in [2.05, 4.69) is 46.5 Å². The number of anilines is 2. The van der Waals surface area contributed by atoms with Crippen LogP contribution in [0.1, 0.15) is 36.6 Å². The summed E-state index contributed by atoms with van der Waals surface area (Å²) in [4.78, 5) is 15.1. The number of methoxy groups -OCH3 is 2. The third kappa shape index (κ3) is 4.49. The van der Waals surface area contributed by atoms with Crippen molar-refractivity contribution >= 4 is 11.6 Å². The normalized spacial score (nSPS) is 10.8. The summed E-state index contributed by atoms with van der Waals surface area (Å²) in [6.07, 6.45) is 0.423. The lowest BCUT2D eigenvalue weighted by Gasteiger charge is -2.11. The van der Waals surface area contributed by atoms with Crippen molar-refractivity contribution < 1.29 is 9.47 Å². The first-order chi connectivity index (χ1) is 13.5. The van der Waals surface area contributed by atoms with Gasteiger partial charge >= 0.3 is 0 Å². The number of ether oxygens (including phenoxy) is 2. The maximum absolute atomic E-state index is 12.4. The van der Waals surface area contributed by atoms with Gasteiger partial charge in [0.05, 0.1) is 19.9 Å². The first-order valence-corrected chi connectivity index (χ1v) is 9.04. The molecule has 0 aliphatic carbocycles. The summed E-state index contributed by atoms with van der Waals surface area (Å²) < 4.78 is 10.5. The topological polar surface area (TPSA) is 89.1 Å². The molecule has 0 aliphatic rings. The van der Waals surface area contributed by atoms with E-state index in [-0.39, 0.29) is 11.5 Å². The van der Waals surface area contributed by atoms with Crippen LogP contribution in [0.2, 0.25) is 0 Å². The van der Waals surface area contributed by atoms with Crippen LogP contribution in [0.3, 0.4) is 0 Å². The quantitative estimate of drug-likeness (QED) is 0.650. The van der Waals surface area contributed by atoms with Crippen LogP contribution in [-0.4, -0.2) is 29.4 Å². The molecule has 7 nitrogen and oxygen atoms in total. The Hall–Kier alpha value is -3.35. The molecule has 0 atom stereocenters. The highest BCUT2D eigenvalue weighted by molar-refractivity contribution is 5.64. The molecule has 2 aromatic carbocycles. The van der Waals surface area contributed by atoms with Crippen molar-refractivity contribution in [2.24, 2.45) is 0 Å². The van der Waals surface area contributed by atoms with Gasteiger partial charge in [-0.25, -0.2) is 0 Å². The molecule has 3 rings (SSSR count). The van der Waals surface area contributed by atoms with Crippen LogP contribution in [0.5, 0.6) is 11.5 Å². The van der Waals surface area contributed by atoms with Crippen LogP contribution >= 0.6 is 0 Å². The van der Waals surface area contributed by atoms with Crippen molar-refractivity contribution in [3.63, 3.8) is 0 Å². The number of aromatic nitrogens is 3. The third-order valence-corrected chi connectivity index (χ3v) is 4.44. The Kier molecular flexibility index (Phi) is 5.93. The van der Waals surface area contributed by atoms with Gasteiger partial charge in [0.25, 0.3) is 5.56 Å². The molecule has 146 valence electrons. The summed E-state index contributed by atoms with van der Waals surface area (Å²) in [5, 5.41) is 11.2. The number of nitrogens with zero attached hydrogens (tertiary/aromatic N) is 2. The Morgan fingerprint density at radius 1 is 1.04 bits per heavy atom. The summed E-state index contributed by atoms with van der Waals surface area (Å²) in [5.74, 6) is 1.95. The summed E-state index contributed by atoms with van der Waals surface area (Å²) in [6, 6.07) is 13.5. The molecule has 7 heteroatoms. The predicted molar refractivity (Wildman–Crippen MR) is 109 cm³/mol. The lowest BCUT2D eigenvalue weighted by Crippen LogP contribution is -2.19. The molecule has 0 saturated carbocycles. The number of aromatic amines is 1. The van der Waals surface area contributed by atoms with E-state index in [1.807, 2.05) is 12.1 Å². The zero-order valence-electron chi connectivity index (χ0n) is 16.4. The van der Waals surface area contributed by atoms with Crippen LogP contribution < -0.4 is 20.3 Å². The van der Waals surface area contributed by atoms with Gasteiger partial charge < -0.3 is 14.8 Å². The first-order valence-electron chi connectivity index (χ1n) is 9.04. The number of H-pyrrole nitrogens is 1. The highest BCUT2D eigenvalue weighted by atomic mass is 16.5. The molecule has 0 fully saturated rings. The van der Waals surface area contributed by atoms with Gasteiger partial charge in [0.2, 0.25) is 5.95 Å². The van der Waals surface area contributed by atoms with Crippen molar-refractivity contribution in [2.45, 2.75) is 26.2 Å². The number of nitrogens with one attached hydrogen (secondary N) is 2. The molecule has 0 saturated heterocycles. The van der Waals surface area contributed by atoms with Gasteiger partial charge in [-0.05, 0) is 29.2 Å². The maximum atomic E-state index is 12.4. The van der Waals surface area contributed by atoms with E-state index in [9.17, 15) is 4.79 Å². The lowest BCUT2D eigenvalue weighted by molar-refractivity contribution is 0.395. The van der Waals surface area contributed by atoms with Gasteiger partial charge in [0.15, 0.2) is 0 Å². The molecule has 0 bridgehead atoms. The average Bonchev–Trinajstić information content (AvgIpc) is 2.70. The molecule has 0 unspecified atom stereocenters.